The van der Waals surface area contributed by atoms with Crippen molar-refractivity contribution in [2.75, 3.05) is 34.0 Å². The van der Waals surface area contributed by atoms with Gasteiger partial charge in [-0.15, -0.1) is 0 Å². The van der Waals surface area contributed by atoms with Crippen LogP contribution in [0.4, 0.5) is 0 Å². The Balaban J connectivity index is 1.60. The molecule has 192 valence electrons. The number of fused-ring (bicyclic) bond motifs is 1. The summed E-state index contributed by atoms with van der Waals surface area (Å²) in [6, 6.07) is 21.0. The molecule has 7 heteroatoms. The van der Waals surface area contributed by atoms with Crippen molar-refractivity contribution in [1.82, 2.24) is 4.57 Å². The average molecular weight is 502 g/mol. The normalized spacial score (nSPS) is 13.0. The second-order valence-corrected chi connectivity index (χ2v) is 9.27. The molecule has 0 saturated heterocycles. The van der Waals surface area contributed by atoms with Crippen LogP contribution in [0.1, 0.15) is 28.9 Å². The summed E-state index contributed by atoms with van der Waals surface area (Å²) in [7, 11) is 3.24. The fourth-order valence-corrected chi connectivity index (χ4v) is 4.52. The third-order valence-corrected chi connectivity index (χ3v) is 6.59. The van der Waals surface area contributed by atoms with Crippen LogP contribution in [0.5, 0.6) is 17.2 Å². The SMILES string of the molecule is COCCOc1ccc2c(c1)c(-c1ccc(OCC3CC3)cc1)c(C(=O)O)n2Cc1cccc(OC)c1. The van der Waals surface area contributed by atoms with Crippen LogP contribution in [0.2, 0.25) is 0 Å². The number of benzene rings is 3. The van der Waals surface area contributed by atoms with Crippen LogP contribution >= 0.6 is 0 Å². The third-order valence-electron chi connectivity index (χ3n) is 6.59. The number of carbonyl (C=O) groups is 1. The highest BCUT2D eigenvalue weighted by Crippen LogP contribution is 2.38. The van der Waals surface area contributed by atoms with Gasteiger partial charge in [0, 0.05) is 30.1 Å². The fourth-order valence-electron chi connectivity index (χ4n) is 4.52. The first-order valence-corrected chi connectivity index (χ1v) is 12.4. The molecule has 1 saturated carbocycles. The number of nitrogens with zero attached hydrogens (tertiary/aromatic N) is 1. The molecule has 3 aromatic carbocycles. The maximum Gasteiger partial charge on any atom is 0.353 e. The molecule has 0 bridgehead atoms. The highest BCUT2D eigenvalue weighted by Gasteiger charge is 2.25. The molecule has 0 spiro atoms. The summed E-state index contributed by atoms with van der Waals surface area (Å²) < 4.78 is 24.1. The Hall–Kier alpha value is -3.97. The molecule has 1 aliphatic carbocycles. The van der Waals surface area contributed by atoms with E-state index in [0.717, 1.165) is 40.1 Å². The highest BCUT2D eigenvalue weighted by molar-refractivity contribution is 6.08. The summed E-state index contributed by atoms with van der Waals surface area (Å²) in [6.07, 6.45) is 2.45. The molecule has 0 atom stereocenters. The second kappa shape index (κ2) is 11.0. The molecule has 4 aromatic rings. The standard InChI is InChI=1S/C30H31NO6/c1-34-14-15-36-25-12-13-27-26(17-25)28(22-8-10-23(11-9-22)37-19-20-6-7-20)29(30(32)33)31(27)18-21-4-3-5-24(16-21)35-2/h3-5,8-13,16-17,20H,6-7,14-15,18-19H2,1-2H3,(H,32,33). The molecule has 1 fully saturated rings. The first kappa shape index (κ1) is 24.7. The molecule has 1 N–H and O–H groups in total. The van der Waals surface area contributed by atoms with Crippen LogP contribution in [-0.2, 0) is 11.3 Å². The number of methoxy groups -OCH3 is 2. The van der Waals surface area contributed by atoms with Crippen LogP contribution in [-0.4, -0.2) is 49.7 Å². The van der Waals surface area contributed by atoms with Gasteiger partial charge in [0.25, 0.3) is 0 Å². The van der Waals surface area contributed by atoms with Crippen molar-refractivity contribution in [2.45, 2.75) is 19.4 Å². The van der Waals surface area contributed by atoms with Gasteiger partial charge in [-0.3, -0.25) is 0 Å². The van der Waals surface area contributed by atoms with Crippen molar-refractivity contribution in [3.8, 4) is 28.4 Å². The second-order valence-electron chi connectivity index (χ2n) is 9.27. The number of aromatic carboxylic acids is 1. The number of rotatable bonds is 12. The van der Waals surface area contributed by atoms with Gasteiger partial charge in [-0.05, 0) is 72.4 Å². The Bertz CT molecular complexity index is 1390. The van der Waals surface area contributed by atoms with Gasteiger partial charge in [0.1, 0.15) is 29.5 Å². The van der Waals surface area contributed by atoms with E-state index >= 15 is 0 Å². The Morgan fingerprint density at radius 1 is 0.919 bits per heavy atom. The maximum atomic E-state index is 12.7. The summed E-state index contributed by atoms with van der Waals surface area (Å²) in [5.41, 5.74) is 3.42. The molecule has 0 radical (unpaired) electrons. The predicted octanol–water partition coefficient (Wildman–Crippen LogP) is 5.88. The van der Waals surface area contributed by atoms with E-state index < -0.39 is 5.97 Å². The largest absolute Gasteiger partial charge is 0.497 e. The van der Waals surface area contributed by atoms with Crippen LogP contribution in [0.25, 0.3) is 22.0 Å². The van der Waals surface area contributed by atoms with E-state index in [9.17, 15) is 9.90 Å². The molecule has 7 nitrogen and oxygen atoms in total. The molecule has 1 aliphatic rings. The van der Waals surface area contributed by atoms with E-state index in [0.29, 0.717) is 37.0 Å². The lowest BCUT2D eigenvalue weighted by Crippen LogP contribution is -2.10. The van der Waals surface area contributed by atoms with Gasteiger partial charge in [0.05, 0.1) is 20.3 Å². The summed E-state index contributed by atoms with van der Waals surface area (Å²) >= 11 is 0. The monoisotopic (exact) mass is 501 g/mol. The van der Waals surface area contributed by atoms with E-state index in [2.05, 4.69) is 0 Å². The summed E-state index contributed by atoms with van der Waals surface area (Å²) in [4.78, 5) is 12.7. The van der Waals surface area contributed by atoms with Gasteiger partial charge in [0.2, 0.25) is 0 Å². The van der Waals surface area contributed by atoms with E-state index in [1.54, 1.807) is 14.2 Å². The smallest absolute Gasteiger partial charge is 0.353 e. The molecule has 1 aromatic heterocycles. The summed E-state index contributed by atoms with van der Waals surface area (Å²) in [5, 5.41) is 11.2. The van der Waals surface area contributed by atoms with E-state index in [-0.39, 0.29) is 5.69 Å². The van der Waals surface area contributed by atoms with Crippen molar-refractivity contribution in [3.05, 3.63) is 78.0 Å². The average Bonchev–Trinajstić information content (AvgIpc) is 3.69. The topological polar surface area (TPSA) is 79.2 Å². The van der Waals surface area contributed by atoms with E-state index in [4.69, 9.17) is 18.9 Å². The highest BCUT2D eigenvalue weighted by atomic mass is 16.5. The van der Waals surface area contributed by atoms with E-state index in [1.165, 1.54) is 12.8 Å². The van der Waals surface area contributed by atoms with Crippen molar-refractivity contribution in [1.29, 1.82) is 0 Å². The number of hydrogen-bond donors (Lipinski definition) is 1. The van der Waals surface area contributed by atoms with Gasteiger partial charge in [-0.1, -0.05) is 24.3 Å². The molecule has 0 aliphatic heterocycles. The van der Waals surface area contributed by atoms with Gasteiger partial charge >= 0.3 is 5.97 Å². The van der Waals surface area contributed by atoms with Crippen molar-refractivity contribution >= 4 is 16.9 Å². The fraction of sp³-hybridized carbons (Fsp3) is 0.300. The molecule has 0 amide bonds. The molecular formula is C30H31NO6. The van der Waals surface area contributed by atoms with Crippen molar-refractivity contribution in [2.24, 2.45) is 5.92 Å². The Morgan fingerprint density at radius 2 is 1.70 bits per heavy atom. The Kier molecular flexibility index (Phi) is 7.32. The van der Waals surface area contributed by atoms with Crippen molar-refractivity contribution < 1.29 is 28.8 Å². The minimum atomic E-state index is -0.995. The first-order chi connectivity index (χ1) is 18.1. The summed E-state index contributed by atoms with van der Waals surface area (Å²) in [5.74, 6) is 1.83. The molecular weight excluding hydrogens is 470 g/mol. The maximum absolute atomic E-state index is 12.7. The number of carboxylic acid groups (broad SMARTS) is 1. The molecule has 1 heterocycles. The lowest BCUT2D eigenvalue weighted by Gasteiger charge is -2.11. The number of hydrogen-bond acceptors (Lipinski definition) is 5. The zero-order valence-corrected chi connectivity index (χ0v) is 21.1. The number of aromatic nitrogens is 1. The Labute approximate surface area is 216 Å². The van der Waals surface area contributed by atoms with Crippen molar-refractivity contribution in [3.63, 3.8) is 0 Å². The van der Waals surface area contributed by atoms with Crippen LogP contribution < -0.4 is 14.2 Å². The van der Waals surface area contributed by atoms with Crippen LogP contribution in [0.3, 0.4) is 0 Å². The molecule has 5 rings (SSSR count). The number of carboxylic acids is 1. The van der Waals surface area contributed by atoms with Gasteiger partial charge < -0.3 is 28.6 Å². The first-order valence-electron chi connectivity index (χ1n) is 12.4. The van der Waals surface area contributed by atoms with Crippen LogP contribution in [0, 0.1) is 5.92 Å². The van der Waals surface area contributed by atoms with Gasteiger partial charge in [-0.25, -0.2) is 4.79 Å². The minimum Gasteiger partial charge on any atom is -0.497 e. The van der Waals surface area contributed by atoms with Crippen LogP contribution in [0.15, 0.2) is 66.7 Å². The van der Waals surface area contributed by atoms with Gasteiger partial charge in [-0.2, -0.15) is 0 Å². The quantitative estimate of drug-likeness (QED) is 0.244. The Morgan fingerprint density at radius 3 is 2.41 bits per heavy atom. The van der Waals surface area contributed by atoms with E-state index in [1.807, 2.05) is 71.3 Å². The number of ether oxygens (including phenoxy) is 4. The zero-order valence-electron chi connectivity index (χ0n) is 21.1. The molecule has 37 heavy (non-hydrogen) atoms. The zero-order chi connectivity index (χ0) is 25.8. The summed E-state index contributed by atoms with van der Waals surface area (Å²) in [6.45, 7) is 1.97. The minimum absolute atomic E-state index is 0.221. The lowest BCUT2D eigenvalue weighted by molar-refractivity contribution is 0.0687. The van der Waals surface area contributed by atoms with Gasteiger partial charge in [0.15, 0.2) is 0 Å². The third kappa shape index (κ3) is 5.57. The predicted molar refractivity (Wildman–Crippen MR) is 142 cm³/mol. The lowest BCUT2D eigenvalue weighted by atomic mass is 10.0. The molecule has 0 unspecified atom stereocenters.